The summed E-state index contributed by atoms with van der Waals surface area (Å²) in [6, 6.07) is 13.4. The predicted molar refractivity (Wildman–Crippen MR) is 99.6 cm³/mol. The number of sulfone groups is 1. The topological polar surface area (TPSA) is 43.4 Å². The molecule has 0 amide bonds. The molecule has 0 fully saturated rings. The number of ether oxygens (including phenoxy) is 1. The van der Waals surface area contributed by atoms with Crippen molar-refractivity contribution >= 4 is 21.4 Å². The summed E-state index contributed by atoms with van der Waals surface area (Å²) in [5.41, 5.74) is 3.05. The van der Waals surface area contributed by atoms with Crippen LogP contribution in [0.5, 0.6) is 5.75 Å². The van der Waals surface area contributed by atoms with Gasteiger partial charge in [-0.25, -0.2) is 8.42 Å². The molecule has 0 aliphatic heterocycles. The first kappa shape index (κ1) is 18.8. The summed E-state index contributed by atoms with van der Waals surface area (Å²) >= 11 is 6.05. The van der Waals surface area contributed by atoms with E-state index in [1.807, 2.05) is 42.5 Å². The average molecular weight is 367 g/mol. The summed E-state index contributed by atoms with van der Waals surface area (Å²) in [6.45, 7) is 3.42. The second-order valence-electron chi connectivity index (χ2n) is 6.13. The first-order valence-corrected chi connectivity index (χ1v) is 10.0. The minimum Gasteiger partial charge on any atom is -0.496 e. The van der Waals surface area contributed by atoms with E-state index in [2.05, 4.69) is 0 Å². The fourth-order valence-electron chi connectivity index (χ4n) is 2.42. The molecule has 130 valence electrons. The first-order chi connectivity index (χ1) is 11.3. The van der Waals surface area contributed by atoms with Crippen LogP contribution in [0.3, 0.4) is 0 Å². The normalized spacial score (nSPS) is 11.7. The van der Waals surface area contributed by atoms with Gasteiger partial charge in [0, 0.05) is 5.02 Å². The molecule has 0 saturated carbocycles. The molecule has 0 N–H and O–H groups in total. The Labute approximate surface area is 149 Å². The minimum atomic E-state index is -3.06. The molecule has 3 nitrogen and oxygen atoms in total. The van der Waals surface area contributed by atoms with E-state index in [9.17, 15) is 8.42 Å². The number of halogens is 1. The molecule has 0 aromatic heterocycles. The summed E-state index contributed by atoms with van der Waals surface area (Å²) in [7, 11) is -1.41. The Hall–Kier alpha value is -1.52. The van der Waals surface area contributed by atoms with Gasteiger partial charge in [0.05, 0.1) is 18.1 Å². The summed E-state index contributed by atoms with van der Waals surface area (Å²) in [5, 5.41) is 0.340. The third-order valence-corrected chi connectivity index (χ3v) is 6.44. The van der Waals surface area contributed by atoms with Crippen LogP contribution in [0, 0.1) is 0 Å². The van der Waals surface area contributed by atoms with Gasteiger partial charge < -0.3 is 4.74 Å². The monoisotopic (exact) mass is 366 g/mol. The Bertz CT molecular complexity index is 781. The van der Waals surface area contributed by atoms with E-state index >= 15 is 0 Å². The second kappa shape index (κ2) is 8.04. The van der Waals surface area contributed by atoms with E-state index in [1.54, 1.807) is 21.0 Å². The molecular weight excluding hydrogens is 344 g/mol. The Balaban J connectivity index is 2.04. The van der Waals surface area contributed by atoms with Crippen molar-refractivity contribution in [3.8, 4) is 5.75 Å². The van der Waals surface area contributed by atoms with Crippen LogP contribution in [-0.2, 0) is 28.4 Å². The van der Waals surface area contributed by atoms with Gasteiger partial charge in [0.1, 0.15) is 5.75 Å². The van der Waals surface area contributed by atoms with E-state index in [4.69, 9.17) is 16.3 Å². The second-order valence-corrected chi connectivity index (χ2v) is 9.12. The molecule has 0 bridgehead atoms. The third-order valence-electron chi connectivity index (χ3n) is 4.03. The van der Waals surface area contributed by atoms with Crippen LogP contribution >= 0.6 is 11.6 Å². The lowest BCUT2D eigenvalue weighted by Gasteiger charge is -2.10. The number of methoxy groups -OCH3 is 1. The number of hydrogen-bond acceptors (Lipinski definition) is 3. The van der Waals surface area contributed by atoms with E-state index < -0.39 is 9.84 Å². The quantitative estimate of drug-likeness (QED) is 0.726. The van der Waals surface area contributed by atoms with Crippen molar-refractivity contribution in [1.29, 1.82) is 0 Å². The molecule has 2 aromatic rings. The number of hydrogen-bond donors (Lipinski definition) is 0. The Morgan fingerprint density at radius 1 is 1.00 bits per heavy atom. The van der Waals surface area contributed by atoms with Crippen molar-refractivity contribution in [3.63, 3.8) is 0 Å². The van der Waals surface area contributed by atoms with Gasteiger partial charge in [0.2, 0.25) is 0 Å². The SMILES string of the molecule is COc1ccc(Cl)cc1CCc1ccc(CS(=O)(=O)C(C)C)cc1. The number of aryl methyl sites for hydroxylation is 2. The van der Waals surface area contributed by atoms with Crippen LogP contribution in [0.4, 0.5) is 0 Å². The molecule has 0 aliphatic carbocycles. The third kappa shape index (κ3) is 4.99. The molecule has 0 heterocycles. The van der Waals surface area contributed by atoms with E-state index in [0.29, 0.717) is 5.02 Å². The van der Waals surface area contributed by atoms with Crippen LogP contribution in [0.15, 0.2) is 42.5 Å². The largest absolute Gasteiger partial charge is 0.496 e. The lowest BCUT2D eigenvalue weighted by Crippen LogP contribution is -2.15. The molecule has 24 heavy (non-hydrogen) atoms. The smallest absolute Gasteiger partial charge is 0.156 e. The molecule has 2 rings (SSSR count). The number of rotatable bonds is 7. The Kier molecular flexibility index (Phi) is 6.30. The number of benzene rings is 2. The van der Waals surface area contributed by atoms with Crippen molar-refractivity contribution in [2.24, 2.45) is 0 Å². The Morgan fingerprint density at radius 2 is 1.62 bits per heavy atom. The maximum absolute atomic E-state index is 12.0. The summed E-state index contributed by atoms with van der Waals surface area (Å²) in [4.78, 5) is 0. The molecule has 0 aliphatic rings. The van der Waals surface area contributed by atoms with Gasteiger partial charge in [0.15, 0.2) is 9.84 Å². The van der Waals surface area contributed by atoms with Crippen LogP contribution in [-0.4, -0.2) is 20.8 Å². The maximum atomic E-state index is 12.0. The summed E-state index contributed by atoms with van der Waals surface area (Å²) < 4.78 is 29.3. The van der Waals surface area contributed by atoms with Crippen LogP contribution < -0.4 is 4.74 Å². The maximum Gasteiger partial charge on any atom is 0.156 e. The van der Waals surface area contributed by atoms with Crippen LogP contribution in [0.2, 0.25) is 5.02 Å². The van der Waals surface area contributed by atoms with Crippen LogP contribution in [0.25, 0.3) is 0 Å². The van der Waals surface area contributed by atoms with Gasteiger partial charge >= 0.3 is 0 Å². The van der Waals surface area contributed by atoms with Gasteiger partial charge in [-0.3, -0.25) is 0 Å². The molecule has 0 spiro atoms. The van der Waals surface area contributed by atoms with Crippen molar-refractivity contribution in [1.82, 2.24) is 0 Å². The highest BCUT2D eigenvalue weighted by molar-refractivity contribution is 7.91. The van der Waals surface area contributed by atoms with Crippen molar-refractivity contribution in [2.45, 2.75) is 37.7 Å². The van der Waals surface area contributed by atoms with E-state index in [0.717, 1.165) is 35.3 Å². The molecule has 0 radical (unpaired) electrons. The van der Waals surface area contributed by atoms with Gasteiger partial charge in [0.25, 0.3) is 0 Å². The zero-order valence-corrected chi connectivity index (χ0v) is 15.8. The van der Waals surface area contributed by atoms with Crippen molar-refractivity contribution in [2.75, 3.05) is 7.11 Å². The summed E-state index contributed by atoms with van der Waals surface area (Å²) in [6.07, 6.45) is 1.65. The lowest BCUT2D eigenvalue weighted by atomic mass is 10.0. The van der Waals surface area contributed by atoms with Crippen LogP contribution in [0.1, 0.15) is 30.5 Å². The van der Waals surface area contributed by atoms with Gasteiger partial charge in [-0.1, -0.05) is 35.9 Å². The van der Waals surface area contributed by atoms with Gasteiger partial charge in [-0.15, -0.1) is 0 Å². The van der Waals surface area contributed by atoms with E-state index in [-0.39, 0.29) is 11.0 Å². The zero-order valence-electron chi connectivity index (χ0n) is 14.3. The predicted octanol–water partition coefficient (Wildman–Crippen LogP) is 4.46. The van der Waals surface area contributed by atoms with Gasteiger partial charge in [-0.2, -0.15) is 0 Å². The lowest BCUT2D eigenvalue weighted by molar-refractivity contribution is 0.409. The minimum absolute atomic E-state index is 0.0903. The highest BCUT2D eigenvalue weighted by atomic mass is 35.5. The van der Waals surface area contributed by atoms with Gasteiger partial charge in [-0.05, 0) is 61.6 Å². The fraction of sp³-hybridized carbons (Fsp3) is 0.368. The van der Waals surface area contributed by atoms with E-state index in [1.165, 1.54) is 0 Å². The molecule has 5 heteroatoms. The Morgan fingerprint density at radius 3 is 2.21 bits per heavy atom. The molecular formula is C19H23ClO3S. The van der Waals surface area contributed by atoms with Crippen molar-refractivity contribution < 1.29 is 13.2 Å². The molecule has 0 atom stereocenters. The highest BCUT2D eigenvalue weighted by Gasteiger charge is 2.16. The zero-order chi connectivity index (χ0) is 17.7. The molecule has 0 unspecified atom stereocenters. The van der Waals surface area contributed by atoms with Crippen molar-refractivity contribution in [3.05, 3.63) is 64.2 Å². The first-order valence-electron chi connectivity index (χ1n) is 7.93. The summed E-state index contributed by atoms with van der Waals surface area (Å²) in [5.74, 6) is 0.923. The fourth-order valence-corrected chi connectivity index (χ4v) is 3.61. The standard InChI is InChI=1S/C19H23ClO3S/c1-14(2)24(21,22)13-16-6-4-15(5-7-16)8-9-17-12-18(20)10-11-19(17)23-3/h4-7,10-12,14H,8-9,13H2,1-3H3. The highest BCUT2D eigenvalue weighted by Crippen LogP contribution is 2.24. The molecule has 0 saturated heterocycles. The average Bonchev–Trinajstić information content (AvgIpc) is 2.54. The molecule has 2 aromatic carbocycles.